The average Bonchev–Trinajstić information content (AvgIpc) is 2.77. The summed E-state index contributed by atoms with van der Waals surface area (Å²) in [5.41, 5.74) is 2.43. The second kappa shape index (κ2) is 7.28. The Kier molecular flexibility index (Phi) is 5.65. The van der Waals surface area contributed by atoms with E-state index in [1.165, 1.54) is 36.8 Å². The molecule has 2 saturated heterocycles. The minimum absolute atomic E-state index is 0. The first-order valence-corrected chi connectivity index (χ1v) is 7.77. The molecule has 2 N–H and O–H groups in total. The molecule has 3 rings (SSSR count). The molecule has 2 fully saturated rings. The molecule has 0 saturated carbocycles. The third kappa shape index (κ3) is 4.45. The molecular weight excluding hydrogens is 284 g/mol. The van der Waals surface area contributed by atoms with Crippen LogP contribution in [0.15, 0.2) is 24.3 Å². The Bertz CT molecular complexity index is 462. The monoisotopic (exact) mass is 308 g/mol. The number of carbonyl (C=O) groups excluding carboxylic acids is 1. The third-order valence-electron chi connectivity index (χ3n) is 4.66. The van der Waals surface area contributed by atoms with Crippen LogP contribution in [0.2, 0.25) is 0 Å². The van der Waals surface area contributed by atoms with Crippen molar-refractivity contribution in [1.82, 2.24) is 10.6 Å². The van der Waals surface area contributed by atoms with E-state index in [1.807, 2.05) is 0 Å². The van der Waals surface area contributed by atoms with Crippen LogP contribution in [-0.4, -0.2) is 18.0 Å². The van der Waals surface area contributed by atoms with Crippen LogP contribution in [0.1, 0.15) is 43.2 Å². The van der Waals surface area contributed by atoms with E-state index < -0.39 is 0 Å². The highest BCUT2D eigenvalue weighted by Gasteiger charge is 2.33. The van der Waals surface area contributed by atoms with Crippen molar-refractivity contribution in [3.63, 3.8) is 0 Å². The molecule has 0 aliphatic carbocycles. The number of hydrogen-bond donors (Lipinski definition) is 2. The SMILES string of the molecule is Cc1ccc(CNC(=O)CC2CC3CCC(C2)N3)cc1.Cl. The summed E-state index contributed by atoms with van der Waals surface area (Å²) in [4.78, 5) is 12.1. The molecule has 0 spiro atoms. The van der Waals surface area contributed by atoms with Gasteiger partial charge in [-0.2, -0.15) is 0 Å². The normalized spacial score (nSPS) is 27.0. The van der Waals surface area contributed by atoms with E-state index in [-0.39, 0.29) is 18.3 Å². The van der Waals surface area contributed by atoms with Gasteiger partial charge >= 0.3 is 0 Å². The summed E-state index contributed by atoms with van der Waals surface area (Å²) >= 11 is 0. The largest absolute Gasteiger partial charge is 0.352 e. The summed E-state index contributed by atoms with van der Waals surface area (Å²) in [5, 5.41) is 6.68. The number of aryl methyl sites for hydroxylation is 1. The van der Waals surface area contributed by atoms with Crippen molar-refractivity contribution in [1.29, 1.82) is 0 Å². The number of carbonyl (C=O) groups is 1. The van der Waals surface area contributed by atoms with Gasteiger partial charge in [-0.25, -0.2) is 0 Å². The Labute approximate surface area is 133 Å². The van der Waals surface area contributed by atoms with Crippen LogP contribution in [0.3, 0.4) is 0 Å². The van der Waals surface area contributed by atoms with E-state index >= 15 is 0 Å². The molecule has 2 aliphatic heterocycles. The summed E-state index contributed by atoms with van der Waals surface area (Å²) < 4.78 is 0. The van der Waals surface area contributed by atoms with Gasteiger partial charge in [0.1, 0.15) is 0 Å². The van der Waals surface area contributed by atoms with Gasteiger partial charge in [-0.05, 0) is 44.1 Å². The molecule has 1 aromatic carbocycles. The van der Waals surface area contributed by atoms with Gasteiger partial charge < -0.3 is 10.6 Å². The molecule has 116 valence electrons. The molecule has 0 aromatic heterocycles. The number of fused-ring (bicyclic) bond motifs is 2. The lowest BCUT2D eigenvalue weighted by atomic mass is 9.89. The molecule has 2 atom stereocenters. The first kappa shape index (κ1) is 16.3. The fraction of sp³-hybridized carbons (Fsp3) is 0.588. The molecule has 2 bridgehead atoms. The van der Waals surface area contributed by atoms with Gasteiger partial charge in [0.2, 0.25) is 5.91 Å². The maximum absolute atomic E-state index is 12.1. The molecular formula is C17H25ClN2O. The fourth-order valence-electron chi connectivity index (χ4n) is 3.58. The van der Waals surface area contributed by atoms with Gasteiger partial charge in [0.25, 0.3) is 0 Å². The standard InChI is InChI=1S/C17H24N2O.ClH/c1-12-2-4-13(5-3-12)11-18-17(20)10-14-8-15-6-7-16(9-14)19-15;/h2-5,14-16,19H,6-11H2,1H3,(H,18,20);1H. The first-order chi connectivity index (χ1) is 9.69. The van der Waals surface area contributed by atoms with E-state index in [4.69, 9.17) is 0 Å². The lowest BCUT2D eigenvalue weighted by Crippen LogP contribution is -2.39. The van der Waals surface area contributed by atoms with Crippen LogP contribution < -0.4 is 10.6 Å². The second-order valence-electron chi connectivity index (χ2n) is 6.44. The zero-order valence-electron chi connectivity index (χ0n) is 12.6. The van der Waals surface area contributed by atoms with Crippen LogP contribution in [0, 0.1) is 12.8 Å². The third-order valence-corrected chi connectivity index (χ3v) is 4.66. The van der Waals surface area contributed by atoms with Crippen LogP contribution in [0.5, 0.6) is 0 Å². The van der Waals surface area contributed by atoms with E-state index in [2.05, 4.69) is 41.8 Å². The Balaban J connectivity index is 0.00000161. The predicted octanol–water partition coefficient (Wildman–Crippen LogP) is 2.95. The van der Waals surface area contributed by atoms with Crippen molar-refractivity contribution in [3.8, 4) is 0 Å². The van der Waals surface area contributed by atoms with E-state index in [1.54, 1.807) is 0 Å². The minimum atomic E-state index is 0. The molecule has 2 unspecified atom stereocenters. The molecule has 4 heteroatoms. The van der Waals surface area contributed by atoms with Crippen LogP contribution in [0.4, 0.5) is 0 Å². The fourth-order valence-corrected chi connectivity index (χ4v) is 3.58. The van der Waals surface area contributed by atoms with Gasteiger partial charge in [-0.1, -0.05) is 29.8 Å². The smallest absolute Gasteiger partial charge is 0.220 e. The number of piperidine rings is 1. The number of halogens is 1. The molecule has 0 radical (unpaired) electrons. The summed E-state index contributed by atoms with van der Waals surface area (Å²) in [6.07, 6.45) is 5.64. The van der Waals surface area contributed by atoms with Crippen molar-refractivity contribution >= 4 is 18.3 Å². The quantitative estimate of drug-likeness (QED) is 0.898. The highest BCUT2D eigenvalue weighted by molar-refractivity contribution is 5.85. The Morgan fingerprint density at radius 3 is 2.43 bits per heavy atom. The van der Waals surface area contributed by atoms with Crippen LogP contribution in [-0.2, 0) is 11.3 Å². The first-order valence-electron chi connectivity index (χ1n) is 7.77. The van der Waals surface area contributed by atoms with Gasteiger partial charge in [-0.3, -0.25) is 4.79 Å². The lowest BCUT2D eigenvalue weighted by Gasteiger charge is -2.28. The number of nitrogens with one attached hydrogen (secondary N) is 2. The highest BCUT2D eigenvalue weighted by atomic mass is 35.5. The lowest BCUT2D eigenvalue weighted by molar-refractivity contribution is -0.122. The topological polar surface area (TPSA) is 41.1 Å². The minimum Gasteiger partial charge on any atom is -0.352 e. The number of rotatable bonds is 4. The predicted molar refractivity (Wildman–Crippen MR) is 87.6 cm³/mol. The van der Waals surface area contributed by atoms with Crippen molar-refractivity contribution in [3.05, 3.63) is 35.4 Å². The number of benzene rings is 1. The summed E-state index contributed by atoms with van der Waals surface area (Å²) in [6, 6.07) is 9.69. The molecule has 1 aromatic rings. The zero-order chi connectivity index (χ0) is 13.9. The molecule has 21 heavy (non-hydrogen) atoms. The van der Waals surface area contributed by atoms with E-state index in [0.29, 0.717) is 31.0 Å². The van der Waals surface area contributed by atoms with Crippen LogP contribution >= 0.6 is 12.4 Å². The molecule has 1 amide bonds. The molecule has 3 nitrogen and oxygen atoms in total. The van der Waals surface area contributed by atoms with Gasteiger partial charge in [0.15, 0.2) is 0 Å². The molecule has 2 heterocycles. The zero-order valence-corrected chi connectivity index (χ0v) is 13.4. The van der Waals surface area contributed by atoms with Crippen molar-refractivity contribution in [2.75, 3.05) is 0 Å². The average molecular weight is 309 g/mol. The molecule has 2 aliphatic rings. The van der Waals surface area contributed by atoms with Crippen molar-refractivity contribution in [2.24, 2.45) is 5.92 Å². The Morgan fingerprint density at radius 2 is 1.81 bits per heavy atom. The second-order valence-corrected chi connectivity index (χ2v) is 6.44. The number of hydrogen-bond acceptors (Lipinski definition) is 2. The van der Waals surface area contributed by atoms with Gasteiger partial charge in [-0.15, -0.1) is 12.4 Å². The van der Waals surface area contributed by atoms with E-state index in [9.17, 15) is 4.79 Å². The number of amides is 1. The Hall–Kier alpha value is -1.06. The van der Waals surface area contributed by atoms with Crippen LogP contribution in [0.25, 0.3) is 0 Å². The summed E-state index contributed by atoms with van der Waals surface area (Å²) in [6.45, 7) is 2.73. The van der Waals surface area contributed by atoms with Crippen molar-refractivity contribution < 1.29 is 4.79 Å². The maximum atomic E-state index is 12.1. The van der Waals surface area contributed by atoms with Gasteiger partial charge in [0, 0.05) is 25.0 Å². The van der Waals surface area contributed by atoms with E-state index in [0.717, 1.165) is 0 Å². The van der Waals surface area contributed by atoms with Crippen molar-refractivity contribution in [2.45, 2.75) is 57.7 Å². The highest BCUT2D eigenvalue weighted by Crippen LogP contribution is 2.32. The Morgan fingerprint density at radius 1 is 1.19 bits per heavy atom. The summed E-state index contributed by atoms with van der Waals surface area (Å²) in [5.74, 6) is 0.781. The van der Waals surface area contributed by atoms with Gasteiger partial charge in [0.05, 0.1) is 0 Å². The summed E-state index contributed by atoms with van der Waals surface area (Å²) in [7, 11) is 0. The maximum Gasteiger partial charge on any atom is 0.220 e.